The maximum absolute atomic E-state index is 12.7. The zero-order valence-corrected chi connectivity index (χ0v) is 14.9. The zero-order valence-electron chi connectivity index (χ0n) is 14.0. The quantitative estimate of drug-likeness (QED) is 0.310. The Kier molecular flexibility index (Phi) is 14.5. The number of carbonyl (C=O) groups is 1. The van der Waals surface area contributed by atoms with Gasteiger partial charge >= 0.3 is 5.97 Å². The first-order valence-electron chi connectivity index (χ1n) is 8.54. The summed E-state index contributed by atoms with van der Waals surface area (Å²) in [5, 5.41) is -0.0121. The molecule has 0 bridgehead atoms. The van der Waals surface area contributed by atoms with Crippen LogP contribution in [0.25, 0.3) is 0 Å². The second-order valence-electron chi connectivity index (χ2n) is 5.65. The zero-order chi connectivity index (χ0) is 15.9. The Morgan fingerprint density at radius 1 is 1.05 bits per heavy atom. The molecule has 0 saturated heterocycles. The first-order valence-corrected chi connectivity index (χ1v) is 9.59. The van der Waals surface area contributed by atoms with Gasteiger partial charge in [-0.1, -0.05) is 46.0 Å². The molecule has 0 aromatic rings. The highest BCUT2D eigenvalue weighted by Gasteiger charge is 2.19. The molecule has 0 N–H and O–H groups in total. The number of thioether (sulfide) groups is 1. The molecule has 0 heterocycles. The maximum atomic E-state index is 12.7. The van der Waals surface area contributed by atoms with Gasteiger partial charge in [-0.25, -0.2) is 4.39 Å². The molecule has 0 aliphatic carbocycles. The summed E-state index contributed by atoms with van der Waals surface area (Å²) in [7, 11) is 0. The topological polar surface area (TPSA) is 26.3 Å². The second-order valence-corrected chi connectivity index (χ2v) is 6.96. The summed E-state index contributed by atoms with van der Waals surface area (Å²) in [5.74, 6) is 0.928. The lowest BCUT2D eigenvalue weighted by atomic mass is 10.1. The fourth-order valence-electron chi connectivity index (χ4n) is 2.00. The number of rotatable bonds is 14. The predicted octanol–water partition coefficient (Wildman–Crippen LogP) is 5.54. The summed E-state index contributed by atoms with van der Waals surface area (Å²) in [5.41, 5.74) is 0. The molecule has 0 spiro atoms. The van der Waals surface area contributed by atoms with Gasteiger partial charge in [0.1, 0.15) is 5.25 Å². The number of carbonyl (C=O) groups excluding carboxylic acids is 1. The molecular weight excluding hydrogens is 287 g/mol. The van der Waals surface area contributed by atoms with E-state index in [1.165, 1.54) is 0 Å². The third-order valence-electron chi connectivity index (χ3n) is 3.39. The summed E-state index contributed by atoms with van der Waals surface area (Å²) in [6.45, 7) is 6.40. The standard InChI is InChI=1S/C17H33FO2S/c1-4-6-12-16(17(19)20-13-7-5-2)21-14-10-8-9-11-15(3)18/h15-16H,4-14H2,1-3H3. The van der Waals surface area contributed by atoms with Gasteiger partial charge in [0, 0.05) is 0 Å². The molecule has 0 saturated carbocycles. The van der Waals surface area contributed by atoms with Crippen molar-refractivity contribution < 1.29 is 13.9 Å². The van der Waals surface area contributed by atoms with Gasteiger partial charge in [0.25, 0.3) is 0 Å². The third-order valence-corrected chi connectivity index (χ3v) is 4.75. The molecule has 0 aromatic carbocycles. The summed E-state index contributed by atoms with van der Waals surface area (Å²) in [6.07, 6.45) is 8.09. The first kappa shape index (κ1) is 20.8. The SMILES string of the molecule is CCCCOC(=O)C(CCCC)SCCCCCC(C)F. The van der Waals surface area contributed by atoms with Crippen molar-refractivity contribution in [3.8, 4) is 0 Å². The number of hydrogen-bond acceptors (Lipinski definition) is 3. The normalized spacial score (nSPS) is 13.9. The highest BCUT2D eigenvalue weighted by Crippen LogP contribution is 2.21. The van der Waals surface area contributed by atoms with Gasteiger partial charge < -0.3 is 4.74 Å². The van der Waals surface area contributed by atoms with Crippen molar-refractivity contribution >= 4 is 17.7 Å². The summed E-state index contributed by atoms with van der Waals surface area (Å²) in [4.78, 5) is 12.0. The summed E-state index contributed by atoms with van der Waals surface area (Å²) in [6, 6.07) is 0. The number of ether oxygens (including phenoxy) is 1. The minimum atomic E-state index is -0.691. The van der Waals surface area contributed by atoms with E-state index in [-0.39, 0.29) is 11.2 Å². The van der Waals surface area contributed by atoms with Crippen molar-refractivity contribution in [2.24, 2.45) is 0 Å². The molecule has 0 rings (SSSR count). The molecule has 0 fully saturated rings. The molecule has 126 valence electrons. The minimum Gasteiger partial charge on any atom is -0.465 e. The van der Waals surface area contributed by atoms with Gasteiger partial charge in [-0.05, 0) is 38.4 Å². The van der Waals surface area contributed by atoms with Gasteiger partial charge in [0.05, 0.1) is 12.8 Å². The van der Waals surface area contributed by atoms with Crippen LogP contribution < -0.4 is 0 Å². The average Bonchev–Trinajstić information content (AvgIpc) is 2.45. The van der Waals surface area contributed by atoms with Crippen molar-refractivity contribution in [2.45, 2.75) is 90.0 Å². The Labute approximate surface area is 134 Å². The van der Waals surface area contributed by atoms with E-state index in [0.717, 1.165) is 57.1 Å². The van der Waals surface area contributed by atoms with Crippen LogP contribution in [-0.4, -0.2) is 29.8 Å². The number of hydrogen-bond donors (Lipinski definition) is 0. The third kappa shape index (κ3) is 13.2. The van der Waals surface area contributed by atoms with Crippen LogP contribution in [0.5, 0.6) is 0 Å². The van der Waals surface area contributed by atoms with Crippen molar-refractivity contribution in [3.63, 3.8) is 0 Å². The monoisotopic (exact) mass is 320 g/mol. The Hall–Kier alpha value is -0.250. The lowest BCUT2D eigenvalue weighted by molar-refractivity contribution is -0.143. The van der Waals surface area contributed by atoms with Crippen LogP contribution in [0.1, 0.15) is 78.6 Å². The van der Waals surface area contributed by atoms with Gasteiger partial charge in [-0.15, -0.1) is 11.8 Å². The van der Waals surface area contributed by atoms with E-state index >= 15 is 0 Å². The number of esters is 1. The molecule has 2 atom stereocenters. The van der Waals surface area contributed by atoms with E-state index in [9.17, 15) is 9.18 Å². The first-order chi connectivity index (χ1) is 10.1. The largest absolute Gasteiger partial charge is 0.465 e. The van der Waals surface area contributed by atoms with E-state index in [4.69, 9.17) is 4.74 Å². The van der Waals surface area contributed by atoms with Crippen molar-refractivity contribution in [3.05, 3.63) is 0 Å². The van der Waals surface area contributed by atoms with Crippen molar-refractivity contribution in [1.29, 1.82) is 0 Å². The van der Waals surface area contributed by atoms with Gasteiger partial charge in [-0.2, -0.15) is 0 Å². The van der Waals surface area contributed by atoms with Crippen LogP contribution >= 0.6 is 11.8 Å². The van der Waals surface area contributed by atoms with Crippen LogP contribution in [0.4, 0.5) is 4.39 Å². The molecule has 0 amide bonds. The Bertz CT molecular complexity index is 247. The minimum absolute atomic E-state index is 0.0121. The van der Waals surface area contributed by atoms with E-state index in [0.29, 0.717) is 13.0 Å². The van der Waals surface area contributed by atoms with Gasteiger partial charge in [-0.3, -0.25) is 4.79 Å². The van der Waals surface area contributed by atoms with E-state index in [1.54, 1.807) is 18.7 Å². The highest BCUT2D eigenvalue weighted by atomic mass is 32.2. The van der Waals surface area contributed by atoms with E-state index in [1.807, 2.05) is 0 Å². The fraction of sp³-hybridized carbons (Fsp3) is 0.941. The Balaban J connectivity index is 3.86. The smallest absolute Gasteiger partial charge is 0.319 e. The van der Waals surface area contributed by atoms with Gasteiger partial charge in [0.15, 0.2) is 0 Å². The summed E-state index contributed by atoms with van der Waals surface area (Å²) < 4.78 is 18.0. The van der Waals surface area contributed by atoms with Crippen molar-refractivity contribution in [1.82, 2.24) is 0 Å². The highest BCUT2D eigenvalue weighted by molar-refractivity contribution is 8.00. The molecule has 21 heavy (non-hydrogen) atoms. The second kappa shape index (κ2) is 14.7. The predicted molar refractivity (Wildman–Crippen MR) is 90.7 cm³/mol. The number of halogens is 1. The average molecular weight is 321 g/mol. The van der Waals surface area contributed by atoms with Crippen LogP contribution in [-0.2, 0) is 9.53 Å². The number of unbranched alkanes of at least 4 members (excludes halogenated alkanes) is 4. The Morgan fingerprint density at radius 3 is 2.38 bits per heavy atom. The molecule has 4 heteroatoms. The van der Waals surface area contributed by atoms with Crippen LogP contribution in [0, 0.1) is 0 Å². The lowest BCUT2D eigenvalue weighted by Gasteiger charge is -2.15. The van der Waals surface area contributed by atoms with E-state index in [2.05, 4.69) is 13.8 Å². The lowest BCUT2D eigenvalue weighted by Crippen LogP contribution is -2.21. The van der Waals surface area contributed by atoms with Gasteiger partial charge in [0.2, 0.25) is 0 Å². The van der Waals surface area contributed by atoms with Crippen molar-refractivity contribution in [2.75, 3.05) is 12.4 Å². The van der Waals surface area contributed by atoms with Crippen LogP contribution in [0.2, 0.25) is 0 Å². The fourth-order valence-corrected chi connectivity index (χ4v) is 3.19. The van der Waals surface area contributed by atoms with E-state index < -0.39 is 6.17 Å². The number of alkyl halides is 1. The van der Waals surface area contributed by atoms with Crippen LogP contribution in [0.3, 0.4) is 0 Å². The molecular formula is C17H33FO2S. The maximum Gasteiger partial charge on any atom is 0.319 e. The molecule has 2 nitrogen and oxygen atoms in total. The molecule has 0 radical (unpaired) electrons. The van der Waals surface area contributed by atoms with Crippen LogP contribution in [0.15, 0.2) is 0 Å². The summed E-state index contributed by atoms with van der Waals surface area (Å²) >= 11 is 1.72. The molecule has 0 aliphatic heterocycles. The Morgan fingerprint density at radius 2 is 1.76 bits per heavy atom. The molecule has 2 unspecified atom stereocenters. The molecule has 0 aliphatic rings. The molecule has 0 aromatic heterocycles.